The van der Waals surface area contributed by atoms with Gasteiger partial charge >= 0.3 is 0 Å². The SMILES string of the molecule is CC1(C)c2ccccc2-c2ccc(-c3nc(-c4cccc(-c5ccccc5)c4)nc(-c4ccc5c(c4)-c4ccccc4C54c5ccccc5C(C)(C)c5ccccc54)n3)cc21. The van der Waals surface area contributed by atoms with Crippen LogP contribution in [0.15, 0.2) is 188 Å². The molecule has 9 aromatic rings. The van der Waals surface area contributed by atoms with E-state index in [1.807, 2.05) is 0 Å². The van der Waals surface area contributed by atoms with Crippen LogP contribution in [0.25, 0.3) is 67.5 Å². The van der Waals surface area contributed by atoms with Crippen LogP contribution in [0.5, 0.6) is 0 Å². The molecule has 0 atom stereocenters. The molecule has 1 heterocycles. The average molecular weight is 782 g/mol. The Hall–Kier alpha value is -7.23. The first-order valence-electron chi connectivity index (χ1n) is 21.4. The van der Waals surface area contributed by atoms with Crippen molar-refractivity contribution in [1.29, 1.82) is 0 Å². The van der Waals surface area contributed by atoms with Crippen LogP contribution >= 0.6 is 0 Å². The molecule has 0 unspecified atom stereocenters. The molecule has 290 valence electrons. The first kappa shape index (κ1) is 35.7. The fraction of sp³-hybridized carbons (Fsp3) is 0.121. The fourth-order valence-electron chi connectivity index (χ4n) is 11.1. The van der Waals surface area contributed by atoms with E-state index in [-0.39, 0.29) is 10.8 Å². The van der Waals surface area contributed by atoms with E-state index in [4.69, 9.17) is 15.0 Å². The van der Waals surface area contributed by atoms with Crippen LogP contribution in [0.2, 0.25) is 0 Å². The molecule has 3 nitrogen and oxygen atoms in total. The monoisotopic (exact) mass is 781 g/mol. The molecule has 0 aliphatic heterocycles. The van der Waals surface area contributed by atoms with Crippen LogP contribution in [0.3, 0.4) is 0 Å². The Morgan fingerprint density at radius 2 is 0.689 bits per heavy atom. The predicted molar refractivity (Wildman–Crippen MR) is 249 cm³/mol. The Labute approximate surface area is 357 Å². The molecular weight excluding hydrogens is 739 g/mol. The summed E-state index contributed by atoms with van der Waals surface area (Å²) in [6, 6.07) is 68.7. The van der Waals surface area contributed by atoms with Gasteiger partial charge in [-0.1, -0.05) is 198 Å². The molecule has 0 bridgehead atoms. The lowest BCUT2D eigenvalue weighted by atomic mass is 9.55. The second kappa shape index (κ2) is 12.9. The molecule has 0 saturated carbocycles. The van der Waals surface area contributed by atoms with Crippen molar-refractivity contribution in [1.82, 2.24) is 15.0 Å². The van der Waals surface area contributed by atoms with E-state index >= 15 is 0 Å². The summed E-state index contributed by atoms with van der Waals surface area (Å²) in [5.74, 6) is 1.96. The van der Waals surface area contributed by atoms with Gasteiger partial charge in [0.2, 0.25) is 0 Å². The lowest BCUT2D eigenvalue weighted by molar-refractivity contribution is 0.563. The van der Waals surface area contributed by atoms with Crippen LogP contribution in [0.4, 0.5) is 0 Å². The van der Waals surface area contributed by atoms with Crippen molar-refractivity contribution in [3.05, 3.63) is 233 Å². The van der Waals surface area contributed by atoms with Gasteiger partial charge in [-0.05, 0) is 96.1 Å². The maximum absolute atomic E-state index is 5.36. The fourth-order valence-corrected chi connectivity index (χ4v) is 11.1. The summed E-state index contributed by atoms with van der Waals surface area (Å²) in [5, 5.41) is 0. The zero-order valence-corrected chi connectivity index (χ0v) is 34.7. The number of nitrogens with zero attached hydrogens (tertiary/aromatic N) is 3. The number of benzene rings is 8. The second-order valence-electron chi connectivity index (χ2n) is 18.0. The number of rotatable bonds is 4. The molecule has 1 aromatic heterocycles. The highest BCUT2D eigenvalue weighted by atomic mass is 15.0. The number of fused-ring (bicyclic) bond motifs is 12. The minimum Gasteiger partial charge on any atom is -0.208 e. The topological polar surface area (TPSA) is 38.7 Å². The molecule has 0 fully saturated rings. The third kappa shape index (κ3) is 5.01. The summed E-state index contributed by atoms with van der Waals surface area (Å²) in [5.41, 5.74) is 20.1. The van der Waals surface area contributed by atoms with Gasteiger partial charge < -0.3 is 0 Å². The summed E-state index contributed by atoms with van der Waals surface area (Å²) in [7, 11) is 0. The van der Waals surface area contributed by atoms with Gasteiger partial charge in [-0.25, -0.2) is 15.0 Å². The molecule has 12 rings (SSSR count). The number of aromatic nitrogens is 3. The van der Waals surface area contributed by atoms with E-state index < -0.39 is 5.41 Å². The lowest BCUT2D eigenvalue weighted by Gasteiger charge is -2.46. The Kier molecular flexibility index (Phi) is 7.54. The van der Waals surface area contributed by atoms with Gasteiger partial charge in [0.1, 0.15) is 0 Å². The summed E-state index contributed by atoms with van der Waals surface area (Å²) < 4.78 is 0. The first-order chi connectivity index (χ1) is 29.7. The predicted octanol–water partition coefficient (Wildman–Crippen LogP) is 13.8. The van der Waals surface area contributed by atoms with Gasteiger partial charge in [0.05, 0.1) is 5.41 Å². The maximum Gasteiger partial charge on any atom is 0.164 e. The smallest absolute Gasteiger partial charge is 0.164 e. The quantitative estimate of drug-likeness (QED) is 0.178. The van der Waals surface area contributed by atoms with Crippen molar-refractivity contribution in [2.24, 2.45) is 0 Å². The van der Waals surface area contributed by atoms with E-state index in [0.29, 0.717) is 17.5 Å². The summed E-state index contributed by atoms with van der Waals surface area (Å²) >= 11 is 0. The number of hydrogen-bond acceptors (Lipinski definition) is 3. The van der Waals surface area contributed by atoms with E-state index in [2.05, 4.69) is 216 Å². The summed E-state index contributed by atoms with van der Waals surface area (Å²) in [6.45, 7) is 9.38. The second-order valence-corrected chi connectivity index (χ2v) is 18.0. The zero-order valence-electron chi connectivity index (χ0n) is 34.7. The first-order valence-corrected chi connectivity index (χ1v) is 21.4. The van der Waals surface area contributed by atoms with Crippen LogP contribution in [0.1, 0.15) is 72.2 Å². The molecule has 8 aromatic carbocycles. The maximum atomic E-state index is 5.36. The summed E-state index contributed by atoms with van der Waals surface area (Å²) in [4.78, 5) is 16.0. The highest BCUT2D eigenvalue weighted by molar-refractivity contribution is 5.90. The van der Waals surface area contributed by atoms with Crippen LogP contribution in [-0.4, -0.2) is 15.0 Å². The Balaban J connectivity index is 1.07. The van der Waals surface area contributed by atoms with Crippen molar-refractivity contribution in [3.8, 4) is 67.5 Å². The lowest BCUT2D eigenvalue weighted by Crippen LogP contribution is -2.40. The van der Waals surface area contributed by atoms with Gasteiger partial charge in [-0.15, -0.1) is 0 Å². The van der Waals surface area contributed by atoms with E-state index in [1.165, 1.54) is 66.8 Å². The largest absolute Gasteiger partial charge is 0.208 e. The summed E-state index contributed by atoms with van der Waals surface area (Å²) in [6.07, 6.45) is 0. The van der Waals surface area contributed by atoms with Gasteiger partial charge in [0.15, 0.2) is 17.5 Å². The van der Waals surface area contributed by atoms with Crippen LogP contribution < -0.4 is 0 Å². The van der Waals surface area contributed by atoms with E-state index in [0.717, 1.165) is 27.8 Å². The molecule has 1 spiro atoms. The Morgan fingerprint density at radius 1 is 0.262 bits per heavy atom. The van der Waals surface area contributed by atoms with E-state index in [1.54, 1.807) is 0 Å². The normalized spacial score (nSPS) is 15.3. The van der Waals surface area contributed by atoms with Gasteiger partial charge in [0, 0.05) is 27.5 Å². The molecule has 0 radical (unpaired) electrons. The van der Waals surface area contributed by atoms with Crippen molar-refractivity contribution in [2.75, 3.05) is 0 Å². The van der Waals surface area contributed by atoms with Crippen LogP contribution in [0, 0.1) is 0 Å². The highest BCUT2D eigenvalue weighted by Gasteiger charge is 2.53. The average Bonchev–Trinajstić information content (AvgIpc) is 3.73. The molecule has 0 amide bonds. The van der Waals surface area contributed by atoms with Crippen LogP contribution in [-0.2, 0) is 16.2 Å². The molecule has 3 aliphatic rings. The standard InChI is InChI=1S/C58H43N3/c1-56(2)45-23-10-8-21-41(45)43-31-29-40(35-52(43)56)55-60-53(38-20-16-19-37(33-38)36-17-6-5-7-18-36)59-54(61-55)39-30-32-47-44(34-39)42-22-9-11-24-46(42)58(47)50-27-14-12-25-48(50)57(3,4)49-26-13-15-28-51(49)58/h5-35H,1-4H3. The van der Waals surface area contributed by atoms with Crippen molar-refractivity contribution in [2.45, 2.75) is 43.9 Å². The van der Waals surface area contributed by atoms with Crippen molar-refractivity contribution >= 4 is 0 Å². The zero-order chi connectivity index (χ0) is 41.1. The molecule has 61 heavy (non-hydrogen) atoms. The molecule has 0 N–H and O–H groups in total. The van der Waals surface area contributed by atoms with Crippen molar-refractivity contribution < 1.29 is 0 Å². The third-order valence-electron chi connectivity index (χ3n) is 14.0. The number of hydrogen-bond donors (Lipinski definition) is 0. The van der Waals surface area contributed by atoms with E-state index in [9.17, 15) is 0 Å². The minimum absolute atomic E-state index is 0.152. The minimum atomic E-state index is -0.463. The van der Waals surface area contributed by atoms with Crippen molar-refractivity contribution in [3.63, 3.8) is 0 Å². The molecule has 3 aliphatic carbocycles. The Bertz CT molecular complexity index is 3210. The third-order valence-corrected chi connectivity index (χ3v) is 14.0. The Morgan fingerprint density at radius 3 is 1.34 bits per heavy atom. The molecule has 0 saturated heterocycles. The molecular formula is C58H43N3. The molecule has 3 heteroatoms. The van der Waals surface area contributed by atoms with Gasteiger partial charge in [-0.3, -0.25) is 0 Å². The van der Waals surface area contributed by atoms with Gasteiger partial charge in [-0.2, -0.15) is 0 Å². The highest BCUT2D eigenvalue weighted by Crippen LogP contribution is 2.62. The van der Waals surface area contributed by atoms with Gasteiger partial charge in [0.25, 0.3) is 0 Å².